The van der Waals surface area contributed by atoms with Gasteiger partial charge in [-0.15, -0.1) is 10.2 Å². The van der Waals surface area contributed by atoms with Gasteiger partial charge in [-0.05, 0) is 46.3 Å². The molecule has 25 heavy (non-hydrogen) atoms. The van der Waals surface area contributed by atoms with Gasteiger partial charge in [0.2, 0.25) is 12.7 Å². The van der Waals surface area contributed by atoms with Crippen LogP contribution in [-0.4, -0.2) is 22.8 Å². The Bertz CT molecular complexity index is 1050. The zero-order valence-electron chi connectivity index (χ0n) is 12.4. The lowest BCUT2D eigenvalue weighted by atomic mass is 10.2. The van der Waals surface area contributed by atoms with Crippen LogP contribution < -0.4 is 9.47 Å². The summed E-state index contributed by atoms with van der Waals surface area (Å²) in [6, 6.07) is 8.37. The normalized spacial score (nSPS) is 13.0. The van der Waals surface area contributed by atoms with Crippen LogP contribution in [0.2, 0.25) is 0 Å². The maximum absolute atomic E-state index is 12.3. The first-order valence-electron chi connectivity index (χ1n) is 7.08. The largest absolute Gasteiger partial charge is 0.493 e. The summed E-state index contributed by atoms with van der Waals surface area (Å²) in [5.74, 6) is 0.346. The first-order chi connectivity index (χ1) is 12.0. The monoisotopic (exact) mass is 465 g/mol. The molecule has 0 saturated heterocycles. The van der Waals surface area contributed by atoms with E-state index >= 15 is 0 Å². The van der Waals surface area contributed by atoms with Gasteiger partial charge in [-0.3, -0.25) is 4.79 Å². The number of benzene rings is 2. The molecule has 9 heteroatoms. The molecule has 0 spiro atoms. The topological polar surface area (TPSA) is 96.3 Å². The highest BCUT2D eigenvalue weighted by atomic mass is 79.9. The van der Waals surface area contributed by atoms with E-state index in [4.69, 9.17) is 9.47 Å². The van der Waals surface area contributed by atoms with E-state index in [0.29, 0.717) is 28.0 Å². The van der Waals surface area contributed by atoms with E-state index in [0.717, 1.165) is 8.95 Å². The van der Waals surface area contributed by atoms with Crippen LogP contribution in [0.4, 0.5) is 5.69 Å². The predicted molar refractivity (Wildman–Crippen MR) is 96.8 cm³/mol. The van der Waals surface area contributed by atoms with Crippen molar-refractivity contribution >= 4 is 54.4 Å². The Morgan fingerprint density at radius 1 is 1.16 bits per heavy atom. The first-order valence-corrected chi connectivity index (χ1v) is 8.67. The highest BCUT2D eigenvalue weighted by Crippen LogP contribution is 2.40. The van der Waals surface area contributed by atoms with Gasteiger partial charge >= 0.3 is 0 Å². The van der Waals surface area contributed by atoms with Crippen molar-refractivity contribution in [3.8, 4) is 17.4 Å². The second-order valence-corrected chi connectivity index (χ2v) is 6.98. The lowest BCUT2D eigenvalue weighted by Gasteiger charge is -1.98. The number of carbonyl (C=O) groups excluding carboxylic acids is 1. The number of aromatic amines is 1. The number of halogens is 2. The molecule has 1 amide bonds. The van der Waals surface area contributed by atoms with Crippen LogP contribution in [0.1, 0.15) is 10.4 Å². The molecule has 0 radical (unpaired) electrons. The molecule has 7 nitrogen and oxygen atoms in total. The third-order valence-corrected chi connectivity index (χ3v) is 4.72. The number of rotatable bonds is 2. The molecule has 1 aliphatic rings. The molecule has 0 aliphatic carbocycles. The maximum atomic E-state index is 12.3. The highest BCUT2D eigenvalue weighted by Gasteiger charge is 2.17. The Labute approximate surface area is 157 Å². The van der Waals surface area contributed by atoms with Gasteiger partial charge in [-0.2, -0.15) is 0 Å². The number of aromatic hydroxyl groups is 1. The van der Waals surface area contributed by atoms with Crippen molar-refractivity contribution in [2.45, 2.75) is 0 Å². The van der Waals surface area contributed by atoms with E-state index < -0.39 is 5.91 Å². The molecule has 0 saturated carbocycles. The zero-order valence-corrected chi connectivity index (χ0v) is 15.6. The van der Waals surface area contributed by atoms with E-state index in [1.807, 2.05) is 6.07 Å². The van der Waals surface area contributed by atoms with Crippen LogP contribution in [0.3, 0.4) is 0 Å². The van der Waals surface area contributed by atoms with Crippen molar-refractivity contribution in [1.29, 1.82) is 0 Å². The molecule has 126 valence electrons. The van der Waals surface area contributed by atoms with E-state index in [2.05, 4.69) is 47.1 Å². The van der Waals surface area contributed by atoms with E-state index in [-0.39, 0.29) is 18.4 Å². The summed E-state index contributed by atoms with van der Waals surface area (Å²) >= 11 is 6.78. The number of hydrogen-bond donors (Lipinski definition) is 2. The van der Waals surface area contributed by atoms with Crippen molar-refractivity contribution in [2.24, 2.45) is 10.2 Å². The summed E-state index contributed by atoms with van der Waals surface area (Å²) in [6.07, 6.45) is 0. The minimum Gasteiger partial charge on any atom is -0.493 e. The number of nitrogens with one attached hydrogen (secondary N) is 1. The Kier molecular flexibility index (Phi) is 3.97. The SMILES string of the molecule is O=C(N=Nc1c(O)[nH]c2c(Br)cc(Br)cc12)c1ccc2c(c1)OCO2. The van der Waals surface area contributed by atoms with E-state index in [1.54, 1.807) is 24.3 Å². The summed E-state index contributed by atoms with van der Waals surface area (Å²) in [5.41, 5.74) is 1.16. The van der Waals surface area contributed by atoms with Crippen LogP contribution in [0.25, 0.3) is 10.9 Å². The average molecular weight is 467 g/mol. The molecule has 1 aromatic heterocycles. The third kappa shape index (κ3) is 2.89. The molecule has 0 unspecified atom stereocenters. The molecule has 0 atom stereocenters. The number of azo groups is 1. The Morgan fingerprint density at radius 2 is 1.96 bits per heavy atom. The van der Waals surface area contributed by atoms with Crippen molar-refractivity contribution in [3.63, 3.8) is 0 Å². The minimum absolute atomic E-state index is 0.126. The Balaban J connectivity index is 1.69. The van der Waals surface area contributed by atoms with Gasteiger partial charge in [0.05, 0.1) is 5.52 Å². The van der Waals surface area contributed by atoms with Gasteiger partial charge in [0.1, 0.15) is 0 Å². The van der Waals surface area contributed by atoms with Gasteiger partial charge in [-0.25, -0.2) is 0 Å². The van der Waals surface area contributed by atoms with Crippen LogP contribution in [0.15, 0.2) is 49.5 Å². The summed E-state index contributed by atoms with van der Waals surface area (Å²) < 4.78 is 12.0. The summed E-state index contributed by atoms with van der Waals surface area (Å²) in [7, 11) is 0. The minimum atomic E-state index is -0.555. The fourth-order valence-electron chi connectivity index (χ4n) is 2.48. The van der Waals surface area contributed by atoms with Gasteiger partial charge in [0, 0.05) is 19.9 Å². The van der Waals surface area contributed by atoms with Gasteiger partial charge in [0.15, 0.2) is 17.2 Å². The molecule has 2 heterocycles. The molecule has 4 rings (SSSR count). The highest BCUT2D eigenvalue weighted by molar-refractivity contribution is 9.11. The summed E-state index contributed by atoms with van der Waals surface area (Å²) in [5, 5.41) is 18.3. The zero-order chi connectivity index (χ0) is 17.6. The first kappa shape index (κ1) is 16.1. The molecule has 0 fully saturated rings. The standard InChI is InChI=1S/C16H9Br2N3O4/c17-8-4-9-13(10(18)5-8)19-16(23)14(9)20-21-15(22)7-1-2-11-12(3-7)25-6-24-11/h1-5,19,23H,6H2. The number of hydrogen-bond acceptors (Lipinski definition) is 5. The van der Waals surface area contributed by atoms with Crippen molar-refractivity contribution in [1.82, 2.24) is 4.98 Å². The number of carbonyl (C=O) groups is 1. The van der Waals surface area contributed by atoms with E-state index in [1.165, 1.54) is 0 Å². The quantitative estimate of drug-likeness (QED) is 0.516. The number of H-pyrrole nitrogens is 1. The summed E-state index contributed by atoms with van der Waals surface area (Å²) in [4.78, 5) is 15.1. The van der Waals surface area contributed by atoms with E-state index in [9.17, 15) is 9.90 Å². The number of nitrogens with zero attached hydrogens (tertiary/aromatic N) is 2. The van der Waals surface area contributed by atoms with Crippen LogP contribution in [-0.2, 0) is 0 Å². The van der Waals surface area contributed by atoms with Crippen LogP contribution in [0, 0.1) is 0 Å². The van der Waals surface area contributed by atoms with Gasteiger partial charge in [0.25, 0.3) is 5.91 Å². The average Bonchev–Trinajstić information content (AvgIpc) is 3.16. The van der Waals surface area contributed by atoms with Gasteiger partial charge < -0.3 is 19.6 Å². The molecular formula is C16H9Br2N3O4. The molecule has 0 bridgehead atoms. The molecular weight excluding hydrogens is 458 g/mol. The number of amides is 1. The van der Waals surface area contributed by atoms with Crippen LogP contribution >= 0.6 is 31.9 Å². The van der Waals surface area contributed by atoms with Crippen molar-refractivity contribution < 1.29 is 19.4 Å². The fraction of sp³-hybridized carbons (Fsp3) is 0.0625. The van der Waals surface area contributed by atoms with Crippen LogP contribution in [0.5, 0.6) is 17.4 Å². The second kappa shape index (κ2) is 6.16. The van der Waals surface area contributed by atoms with Gasteiger partial charge in [-0.1, -0.05) is 15.9 Å². The Morgan fingerprint density at radius 3 is 2.80 bits per heavy atom. The lowest BCUT2D eigenvalue weighted by molar-refractivity contribution is 0.0994. The summed E-state index contributed by atoms with van der Waals surface area (Å²) in [6.45, 7) is 0.126. The Hall–Kier alpha value is -2.39. The third-order valence-electron chi connectivity index (χ3n) is 3.64. The fourth-order valence-corrected chi connectivity index (χ4v) is 3.80. The lowest BCUT2D eigenvalue weighted by Crippen LogP contribution is -1.94. The maximum Gasteiger partial charge on any atom is 0.295 e. The number of fused-ring (bicyclic) bond motifs is 2. The molecule has 3 aromatic rings. The second-order valence-electron chi connectivity index (χ2n) is 5.21. The number of ether oxygens (including phenoxy) is 2. The molecule has 2 N–H and O–H groups in total. The van der Waals surface area contributed by atoms with Crippen molar-refractivity contribution in [2.75, 3.05) is 6.79 Å². The number of aromatic nitrogens is 1. The predicted octanol–water partition coefficient (Wildman–Crippen LogP) is 5.05. The molecule has 1 aliphatic heterocycles. The smallest absolute Gasteiger partial charge is 0.295 e. The van der Waals surface area contributed by atoms with Crippen molar-refractivity contribution in [3.05, 3.63) is 44.8 Å². The molecule has 2 aromatic carbocycles.